The first-order chi connectivity index (χ1) is 11.2. The highest BCUT2D eigenvalue weighted by atomic mass is 19.1. The molecule has 0 saturated carbocycles. The van der Waals surface area contributed by atoms with Crippen LogP contribution in [0.3, 0.4) is 0 Å². The number of fused-ring (bicyclic) bond motifs is 1. The molecule has 5 heteroatoms. The monoisotopic (exact) mass is 316 g/mol. The number of unbranched alkanes of at least 4 members (excludes halogenated alkanes) is 2. The highest BCUT2D eigenvalue weighted by molar-refractivity contribution is 5.80. The smallest absolute Gasteiger partial charge is 0.168 e. The second kappa shape index (κ2) is 6.77. The summed E-state index contributed by atoms with van der Waals surface area (Å²) in [6.45, 7) is 2.47. The molecule has 0 atom stereocenters. The molecule has 3 rings (SSSR count). The number of nitrogens with one attached hydrogen (secondary N) is 1. The molecule has 120 valence electrons. The molecule has 2 aromatic carbocycles. The van der Waals surface area contributed by atoms with Crippen molar-refractivity contribution in [2.45, 2.75) is 26.2 Å². The maximum Gasteiger partial charge on any atom is 0.168 e. The number of H-pyrrole nitrogens is 1. The van der Waals surface area contributed by atoms with E-state index in [9.17, 15) is 8.78 Å². The van der Waals surface area contributed by atoms with Crippen LogP contribution in [0.1, 0.15) is 26.2 Å². The van der Waals surface area contributed by atoms with E-state index >= 15 is 0 Å². The second-order valence-electron chi connectivity index (χ2n) is 5.42. The van der Waals surface area contributed by atoms with Crippen molar-refractivity contribution in [1.29, 1.82) is 0 Å². The lowest BCUT2D eigenvalue weighted by Crippen LogP contribution is -2.02. The van der Waals surface area contributed by atoms with Gasteiger partial charge in [-0.25, -0.2) is 13.8 Å². The number of imidazole rings is 1. The van der Waals surface area contributed by atoms with E-state index in [0.717, 1.165) is 36.4 Å². The molecule has 1 aromatic heterocycles. The molecule has 0 unspecified atom stereocenters. The molecular weight excluding hydrogens is 298 g/mol. The number of rotatable bonds is 6. The minimum absolute atomic E-state index is 0.0431. The van der Waals surface area contributed by atoms with E-state index in [1.54, 1.807) is 0 Å². The van der Waals surface area contributed by atoms with Crippen LogP contribution < -0.4 is 4.74 Å². The highest BCUT2D eigenvalue weighted by Gasteiger charge is 2.17. The first-order valence-corrected chi connectivity index (χ1v) is 7.76. The van der Waals surface area contributed by atoms with Crippen LogP contribution >= 0.6 is 0 Å². The molecule has 0 saturated heterocycles. The molecule has 3 aromatic rings. The minimum atomic E-state index is -0.711. The molecule has 0 aliphatic heterocycles. The summed E-state index contributed by atoms with van der Waals surface area (Å²) in [6.07, 6.45) is 2.88. The zero-order valence-corrected chi connectivity index (χ0v) is 12.9. The summed E-state index contributed by atoms with van der Waals surface area (Å²) < 4.78 is 33.4. The molecular formula is C18H18F2N2O. The molecule has 1 heterocycles. The van der Waals surface area contributed by atoms with Gasteiger partial charge in [0.15, 0.2) is 11.6 Å². The SMILES string of the molecule is CCCCCOc1c(F)cc(F)cc1-c1nc2ccccc2[nH]1. The number of halogens is 2. The fourth-order valence-corrected chi connectivity index (χ4v) is 2.49. The van der Waals surface area contributed by atoms with E-state index in [1.807, 2.05) is 24.3 Å². The van der Waals surface area contributed by atoms with E-state index in [4.69, 9.17) is 4.74 Å². The predicted molar refractivity (Wildman–Crippen MR) is 86.5 cm³/mol. The fourth-order valence-electron chi connectivity index (χ4n) is 2.49. The van der Waals surface area contributed by atoms with Crippen molar-refractivity contribution >= 4 is 11.0 Å². The molecule has 1 N–H and O–H groups in total. The van der Waals surface area contributed by atoms with Gasteiger partial charge in [-0.2, -0.15) is 0 Å². The van der Waals surface area contributed by atoms with Crippen LogP contribution in [0, 0.1) is 11.6 Å². The topological polar surface area (TPSA) is 37.9 Å². The van der Waals surface area contributed by atoms with Gasteiger partial charge in [0.2, 0.25) is 0 Å². The van der Waals surface area contributed by atoms with E-state index in [2.05, 4.69) is 16.9 Å². The van der Waals surface area contributed by atoms with Gasteiger partial charge in [0, 0.05) is 6.07 Å². The standard InChI is InChI=1S/C18H18F2N2O/c1-2-3-6-9-23-17-13(10-12(19)11-14(17)20)18-21-15-7-4-5-8-16(15)22-18/h4-5,7-8,10-11H,2-3,6,9H2,1H3,(H,21,22). The Morgan fingerprint density at radius 2 is 1.96 bits per heavy atom. The lowest BCUT2D eigenvalue weighted by Gasteiger charge is -2.11. The number of hydrogen-bond donors (Lipinski definition) is 1. The average Bonchev–Trinajstić information content (AvgIpc) is 2.96. The molecule has 0 aliphatic carbocycles. The number of ether oxygens (including phenoxy) is 1. The molecule has 0 fully saturated rings. The summed E-state index contributed by atoms with van der Waals surface area (Å²) in [4.78, 5) is 7.49. The van der Waals surface area contributed by atoms with Gasteiger partial charge in [0.1, 0.15) is 11.6 Å². The predicted octanol–water partition coefficient (Wildman–Crippen LogP) is 5.08. The Labute approximate surface area is 133 Å². The number of para-hydroxylation sites is 2. The average molecular weight is 316 g/mol. The van der Waals surface area contributed by atoms with Crippen LogP contribution in [-0.2, 0) is 0 Å². The van der Waals surface area contributed by atoms with E-state index in [1.165, 1.54) is 6.07 Å². The lowest BCUT2D eigenvalue weighted by molar-refractivity contribution is 0.292. The maximum absolute atomic E-state index is 14.2. The van der Waals surface area contributed by atoms with Crippen molar-refractivity contribution in [3.63, 3.8) is 0 Å². The summed E-state index contributed by atoms with van der Waals surface area (Å²) in [6, 6.07) is 9.52. The van der Waals surface area contributed by atoms with Gasteiger partial charge in [-0.05, 0) is 24.6 Å². The van der Waals surface area contributed by atoms with Crippen LogP contribution in [0.5, 0.6) is 5.75 Å². The van der Waals surface area contributed by atoms with Crippen molar-refractivity contribution in [2.75, 3.05) is 6.61 Å². The molecule has 0 spiro atoms. The number of benzene rings is 2. The molecule has 0 radical (unpaired) electrons. The third kappa shape index (κ3) is 3.33. The summed E-state index contributed by atoms with van der Waals surface area (Å²) in [5.74, 6) is -0.924. The van der Waals surface area contributed by atoms with Crippen LogP contribution in [0.4, 0.5) is 8.78 Å². The van der Waals surface area contributed by atoms with Gasteiger partial charge in [0.05, 0.1) is 23.2 Å². The molecule has 0 amide bonds. The molecule has 0 aliphatic rings. The van der Waals surface area contributed by atoms with Crippen molar-refractivity contribution in [3.8, 4) is 17.1 Å². The van der Waals surface area contributed by atoms with Crippen LogP contribution in [0.25, 0.3) is 22.4 Å². The van der Waals surface area contributed by atoms with Crippen molar-refractivity contribution < 1.29 is 13.5 Å². The van der Waals surface area contributed by atoms with Gasteiger partial charge in [0.25, 0.3) is 0 Å². The Morgan fingerprint density at radius 3 is 2.74 bits per heavy atom. The molecule has 23 heavy (non-hydrogen) atoms. The Morgan fingerprint density at radius 1 is 1.13 bits per heavy atom. The van der Waals surface area contributed by atoms with Crippen molar-refractivity contribution in [1.82, 2.24) is 9.97 Å². The summed E-state index contributed by atoms with van der Waals surface area (Å²) in [5.41, 5.74) is 1.85. The normalized spacial score (nSPS) is 11.1. The van der Waals surface area contributed by atoms with Crippen molar-refractivity contribution in [3.05, 3.63) is 48.0 Å². The Bertz CT molecular complexity index is 781. The van der Waals surface area contributed by atoms with Gasteiger partial charge < -0.3 is 9.72 Å². The van der Waals surface area contributed by atoms with Gasteiger partial charge >= 0.3 is 0 Å². The van der Waals surface area contributed by atoms with Crippen LogP contribution in [-0.4, -0.2) is 16.6 Å². The minimum Gasteiger partial charge on any atom is -0.490 e. The van der Waals surface area contributed by atoms with E-state index in [0.29, 0.717) is 18.0 Å². The number of nitrogens with zero attached hydrogens (tertiary/aromatic N) is 1. The summed E-state index contributed by atoms with van der Waals surface area (Å²) in [5, 5.41) is 0. The largest absolute Gasteiger partial charge is 0.490 e. The highest BCUT2D eigenvalue weighted by Crippen LogP contribution is 2.33. The van der Waals surface area contributed by atoms with Crippen LogP contribution in [0.15, 0.2) is 36.4 Å². The second-order valence-corrected chi connectivity index (χ2v) is 5.42. The molecule has 3 nitrogen and oxygen atoms in total. The zero-order valence-electron chi connectivity index (χ0n) is 12.9. The zero-order chi connectivity index (χ0) is 16.2. The maximum atomic E-state index is 14.2. The van der Waals surface area contributed by atoms with E-state index < -0.39 is 11.6 Å². The van der Waals surface area contributed by atoms with Crippen LogP contribution in [0.2, 0.25) is 0 Å². The number of hydrogen-bond acceptors (Lipinski definition) is 2. The van der Waals surface area contributed by atoms with Crippen molar-refractivity contribution in [2.24, 2.45) is 0 Å². The fraction of sp³-hybridized carbons (Fsp3) is 0.278. The first-order valence-electron chi connectivity index (χ1n) is 7.76. The van der Waals surface area contributed by atoms with Gasteiger partial charge in [-0.15, -0.1) is 0 Å². The Balaban J connectivity index is 1.99. The summed E-state index contributed by atoms with van der Waals surface area (Å²) >= 11 is 0. The third-order valence-electron chi connectivity index (χ3n) is 3.65. The van der Waals surface area contributed by atoms with Gasteiger partial charge in [-0.1, -0.05) is 31.9 Å². The van der Waals surface area contributed by atoms with E-state index in [-0.39, 0.29) is 5.75 Å². The Hall–Kier alpha value is -2.43. The molecule has 0 bridgehead atoms. The first kappa shape index (κ1) is 15.5. The quantitative estimate of drug-likeness (QED) is 0.644. The number of aromatic amines is 1. The van der Waals surface area contributed by atoms with Gasteiger partial charge in [-0.3, -0.25) is 0 Å². The summed E-state index contributed by atoms with van der Waals surface area (Å²) in [7, 11) is 0. The Kier molecular flexibility index (Phi) is 4.55. The number of aromatic nitrogens is 2. The third-order valence-corrected chi connectivity index (χ3v) is 3.65. The lowest BCUT2D eigenvalue weighted by atomic mass is 10.1.